The summed E-state index contributed by atoms with van der Waals surface area (Å²) < 4.78 is 6.93. The summed E-state index contributed by atoms with van der Waals surface area (Å²) in [4.78, 5) is 14.4. The van der Waals surface area contributed by atoms with E-state index in [1.807, 2.05) is 18.2 Å². The standard InChI is InChI=1S/C15H15ClN2O2/c16-12-1-3-13(4-2-12)18-6-5-14(11-15(18)19)17-7-9-20-10-8-17/h1-6,11H,7-10H2. The van der Waals surface area contributed by atoms with Gasteiger partial charge in [-0.25, -0.2) is 0 Å². The first kappa shape index (κ1) is 13.2. The first-order valence-corrected chi connectivity index (χ1v) is 6.93. The Labute approximate surface area is 122 Å². The molecule has 0 bridgehead atoms. The van der Waals surface area contributed by atoms with Gasteiger partial charge in [-0.05, 0) is 30.3 Å². The van der Waals surface area contributed by atoms with Crippen LogP contribution < -0.4 is 10.5 Å². The Morgan fingerprint density at radius 2 is 1.70 bits per heavy atom. The van der Waals surface area contributed by atoms with E-state index in [1.54, 1.807) is 29.0 Å². The molecule has 2 heterocycles. The molecule has 2 aromatic rings. The van der Waals surface area contributed by atoms with Gasteiger partial charge in [0.25, 0.3) is 5.56 Å². The second kappa shape index (κ2) is 5.69. The predicted octanol–water partition coefficient (Wildman–Crippen LogP) is 2.33. The number of aromatic nitrogens is 1. The molecule has 5 heteroatoms. The predicted molar refractivity (Wildman–Crippen MR) is 80.1 cm³/mol. The lowest BCUT2D eigenvalue weighted by molar-refractivity contribution is 0.122. The number of pyridine rings is 1. The molecule has 104 valence electrons. The van der Waals surface area contributed by atoms with Crippen LogP contribution in [0.1, 0.15) is 0 Å². The molecule has 0 unspecified atom stereocenters. The van der Waals surface area contributed by atoms with Gasteiger partial charge < -0.3 is 9.64 Å². The van der Waals surface area contributed by atoms with Crippen LogP contribution in [0.2, 0.25) is 5.02 Å². The maximum Gasteiger partial charge on any atom is 0.257 e. The lowest BCUT2D eigenvalue weighted by Gasteiger charge is -2.28. The molecule has 1 saturated heterocycles. The molecular weight excluding hydrogens is 276 g/mol. The molecule has 20 heavy (non-hydrogen) atoms. The molecule has 4 nitrogen and oxygen atoms in total. The van der Waals surface area contributed by atoms with Gasteiger partial charge in [0.05, 0.1) is 13.2 Å². The van der Waals surface area contributed by atoms with Crippen LogP contribution in [0.3, 0.4) is 0 Å². The zero-order valence-electron chi connectivity index (χ0n) is 11.0. The van der Waals surface area contributed by atoms with E-state index in [9.17, 15) is 4.79 Å². The van der Waals surface area contributed by atoms with Crippen molar-refractivity contribution in [3.05, 3.63) is 58.0 Å². The Balaban J connectivity index is 1.91. The summed E-state index contributed by atoms with van der Waals surface area (Å²) in [5, 5.41) is 0.659. The number of benzene rings is 1. The molecule has 0 aliphatic carbocycles. The van der Waals surface area contributed by atoms with Gasteiger partial charge in [-0.1, -0.05) is 11.6 Å². The minimum absolute atomic E-state index is 0.0451. The average Bonchev–Trinajstić information content (AvgIpc) is 2.49. The highest BCUT2D eigenvalue weighted by atomic mass is 35.5. The number of rotatable bonds is 2. The van der Waals surface area contributed by atoms with E-state index in [1.165, 1.54) is 0 Å². The van der Waals surface area contributed by atoms with Gasteiger partial charge in [0.1, 0.15) is 0 Å². The Kier molecular flexibility index (Phi) is 3.76. The quantitative estimate of drug-likeness (QED) is 0.851. The van der Waals surface area contributed by atoms with Gasteiger partial charge in [-0.15, -0.1) is 0 Å². The van der Waals surface area contributed by atoms with Crippen LogP contribution >= 0.6 is 11.6 Å². The summed E-state index contributed by atoms with van der Waals surface area (Å²) in [7, 11) is 0. The normalized spacial score (nSPS) is 15.3. The highest BCUT2D eigenvalue weighted by Crippen LogP contribution is 2.15. The van der Waals surface area contributed by atoms with Crippen LogP contribution in [-0.2, 0) is 4.74 Å². The Bertz CT molecular complexity index is 646. The van der Waals surface area contributed by atoms with Crippen LogP contribution in [0.4, 0.5) is 5.69 Å². The van der Waals surface area contributed by atoms with E-state index in [0.29, 0.717) is 18.2 Å². The van der Waals surface area contributed by atoms with Crippen molar-refractivity contribution in [2.24, 2.45) is 0 Å². The summed E-state index contributed by atoms with van der Waals surface area (Å²) in [5.74, 6) is 0. The van der Waals surface area contributed by atoms with Gasteiger partial charge in [0, 0.05) is 41.8 Å². The maximum atomic E-state index is 12.2. The van der Waals surface area contributed by atoms with Crippen molar-refractivity contribution in [1.29, 1.82) is 0 Å². The second-order valence-corrected chi connectivity index (χ2v) is 5.11. The minimum Gasteiger partial charge on any atom is -0.378 e. The van der Waals surface area contributed by atoms with Crippen LogP contribution in [0.15, 0.2) is 47.4 Å². The largest absolute Gasteiger partial charge is 0.378 e. The van der Waals surface area contributed by atoms with Gasteiger partial charge in [0.15, 0.2) is 0 Å². The van der Waals surface area contributed by atoms with E-state index >= 15 is 0 Å². The highest BCUT2D eigenvalue weighted by molar-refractivity contribution is 6.30. The first-order chi connectivity index (χ1) is 9.74. The number of anilines is 1. The average molecular weight is 291 g/mol. The molecule has 1 aliphatic rings. The summed E-state index contributed by atoms with van der Waals surface area (Å²) >= 11 is 5.86. The lowest BCUT2D eigenvalue weighted by atomic mass is 10.3. The fourth-order valence-corrected chi connectivity index (χ4v) is 2.43. The second-order valence-electron chi connectivity index (χ2n) is 4.67. The number of morpholine rings is 1. The number of halogens is 1. The SMILES string of the molecule is O=c1cc(N2CCOCC2)ccn1-c1ccc(Cl)cc1. The van der Waals surface area contributed by atoms with Crippen molar-refractivity contribution in [1.82, 2.24) is 4.57 Å². The maximum absolute atomic E-state index is 12.2. The minimum atomic E-state index is -0.0451. The molecule has 3 rings (SSSR count). The molecule has 0 radical (unpaired) electrons. The van der Waals surface area contributed by atoms with E-state index < -0.39 is 0 Å². The Hall–Kier alpha value is -1.78. The Morgan fingerprint density at radius 3 is 2.35 bits per heavy atom. The summed E-state index contributed by atoms with van der Waals surface area (Å²) in [6.07, 6.45) is 1.80. The lowest BCUT2D eigenvalue weighted by Crippen LogP contribution is -2.37. The fraction of sp³-hybridized carbons (Fsp3) is 0.267. The molecule has 1 fully saturated rings. The van der Waals surface area contributed by atoms with Crippen molar-refractivity contribution in [3.8, 4) is 5.69 Å². The fourth-order valence-electron chi connectivity index (χ4n) is 2.30. The molecule has 0 atom stereocenters. The van der Waals surface area contributed by atoms with Crippen molar-refractivity contribution in [2.45, 2.75) is 0 Å². The molecular formula is C15H15ClN2O2. The third-order valence-electron chi connectivity index (χ3n) is 3.38. The van der Waals surface area contributed by atoms with Gasteiger partial charge >= 0.3 is 0 Å². The van der Waals surface area contributed by atoms with E-state index in [4.69, 9.17) is 16.3 Å². The van der Waals surface area contributed by atoms with Crippen LogP contribution in [0.5, 0.6) is 0 Å². The van der Waals surface area contributed by atoms with Gasteiger partial charge in [-0.3, -0.25) is 9.36 Å². The van der Waals surface area contributed by atoms with E-state index in [0.717, 1.165) is 24.5 Å². The summed E-state index contributed by atoms with van der Waals surface area (Å²) in [6, 6.07) is 10.8. The van der Waals surface area contributed by atoms with Crippen molar-refractivity contribution in [2.75, 3.05) is 31.2 Å². The number of hydrogen-bond acceptors (Lipinski definition) is 3. The molecule has 0 spiro atoms. The molecule has 0 saturated carbocycles. The van der Waals surface area contributed by atoms with Crippen molar-refractivity contribution >= 4 is 17.3 Å². The number of nitrogens with zero attached hydrogens (tertiary/aromatic N) is 2. The zero-order chi connectivity index (χ0) is 13.9. The molecule has 1 aromatic heterocycles. The molecule has 0 N–H and O–H groups in total. The van der Waals surface area contributed by atoms with E-state index in [-0.39, 0.29) is 5.56 Å². The van der Waals surface area contributed by atoms with Crippen LogP contribution in [0.25, 0.3) is 5.69 Å². The molecule has 0 amide bonds. The van der Waals surface area contributed by atoms with Crippen LogP contribution in [-0.4, -0.2) is 30.9 Å². The topological polar surface area (TPSA) is 34.5 Å². The van der Waals surface area contributed by atoms with Gasteiger partial charge in [-0.2, -0.15) is 0 Å². The summed E-state index contributed by atoms with van der Waals surface area (Å²) in [6.45, 7) is 3.06. The van der Waals surface area contributed by atoms with Crippen LogP contribution in [0, 0.1) is 0 Å². The molecule has 1 aliphatic heterocycles. The monoisotopic (exact) mass is 290 g/mol. The third-order valence-corrected chi connectivity index (χ3v) is 3.64. The summed E-state index contributed by atoms with van der Waals surface area (Å²) in [5.41, 5.74) is 1.72. The third kappa shape index (κ3) is 2.71. The smallest absolute Gasteiger partial charge is 0.257 e. The molecule has 1 aromatic carbocycles. The zero-order valence-corrected chi connectivity index (χ0v) is 11.7. The first-order valence-electron chi connectivity index (χ1n) is 6.55. The van der Waals surface area contributed by atoms with Crippen molar-refractivity contribution < 1.29 is 4.74 Å². The van der Waals surface area contributed by atoms with Crippen molar-refractivity contribution in [3.63, 3.8) is 0 Å². The van der Waals surface area contributed by atoms with Gasteiger partial charge in [0.2, 0.25) is 0 Å². The van der Waals surface area contributed by atoms with E-state index in [2.05, 4.69) is 4.90 Å². The Morgan fingerprint density at radius 1 is 1.00 bits per heavy atom. The highest BCUT2D eigenvalue weighted by Gasteiger charge is 2.12. The number of ether oxygens (including phenoxy) is 1. The number of hydrogen-bond donors (Lipinski definition) is 0.